The molecule has 1 heterocycles. The van der Waals surface area contributed by atoms with Gasteiger partial charge in [-0.3, -0.25) is 4.90 Å². The van der Waals surface area contributed by atoms with Crippen molar-refractivity contribution in [3.8, 4) is 17.6 Å². The van der Waals surface area contributed by atoms with Crippen molar-refractivity contribution in [3.05, 3.63) is 23.8 Å². The number of carbonyl (C=O) groups is 1. The fourth-order valence-electron chi connectivity index (χ4n) is 2.90. The predicted octanol–water partition coefficient (Wildman–Crippen LogP) is 2.28. The SMILES string of the molecule is COc1ccc(CN2CCC[C@](C)(C#N)C2)cc1OCC(=O)O. The minimum absolute atomic E-state index is 0.298. The van der Waals surface area contributed by atoms with Crippen LogP contribution in [0.2, 0.25) is 0 Å². The lowest BCUT2D eigenvalue weighted by Crippen LogP contribution is -2.40. The molecule has 0 amide bonds. The Hall–Kier alpha value is -2.26. The molecular formula is C17H22N2O4. The summed E-state index contributed by atoms with van der Waals surface area (Å²) in [6.45, 7) is 3.98. The summed E-state index contributed by atoms with van der Waals surface area (Å²) in [6.07, 6.45) is 1.93. The third-order valence-corrected chi connectivity index (χ3v) is 4.03. The Morgan fingerprint density at radius 1 is 1.48 bits per heavy atom. The molecule has 1 N–H and O–H groups in total. The number of hydrogen-bond donors (Lipinski definition) is 1. The van der Waals surface area contributed by atoms with Crippen LogP contribution < -0.4 is 9.47 Å². The summed E-state index contributed by atoms with van der Waals surface area (Å²) in [5.41, 5.74) is 0.710. The number of benzene rings is 1. The van der Waals surface area contributed by atoms with Gasteiger partial charge in [0.25, 0.3) is 0 Å². The summed E-state index contributed by atoms with van der Waals surface area (Å²) in [4.78, 5) is 12.9. The minimum atomic E-state index is -1.03. The van der Waals surface area contributed by atoms with Gasteiger partial charge in [-0.2, -0.15) is 5.26 Å². The highest BCUT2D eigenvalue weighted by Gasteiger charge is 2.30. The second-order valence-corrected chi connectivity index (χ2v) is 6.15. The van der Waals surface area contributed by atoms with Crippen molar-refractivity contribution in [1.82, 2.24) is 4.90 Å². The highest BCUT2D eigenvalue weighted by atomic mass is 16.5. The van der Waals surface area contributed by atoms with Crippen LogP contribution in [-0.2, 0) is 11.3 Å². The summed E-state index contributed by atoms with van der Waals surface area (Å²) in [7, 11) is 1.52. The van der Waals surface area contributed by atoms with Crippen molar-refractivity contribution in [2.45, 2.75) is 26.3 Å². The maximum absolute atomic E-state index is 10.7. The Balaban J connectivity index is 2.09. The lowest BCUT2D eigenvalue weighted by molar-refractivity contribution is -0.139. The van der Waals surface area contributed by atoms with Crippen molar-refractivity contribution in [2.75, 3.05) is 26.8 Å². The van der Waals surface area contributed by atoms with Crippen LogP contribution in [0.15, 0.2) is 18.2 Å². The predicted molar refractivity (Wildman–Crippen MR) is 84.4 cm³/mol. The van der Waals surface area contributed by atoms with Crippen LogP contribution in [-0.4, -0.2) is 42.8 Å². The lowest BCUT2D eigenvalue weighted by atomic mass is 9.83. The van der Waals surface area contributed by atoms with Gasteiger partial charge in [-0.05, 0) is 44.0 Å². The Bertz CT molecular complexity index is 611. The zero-order valence-electron chi connectivity index (χ0n) is 13.5. The van der Waals surface area contributed by atoms with E-state index in [0.717, 1.165) is 31.5 Å². The molecule has 0 radical (unpaired) electrons. The number of aliphatic carboxylic acids is 1. The molecule has 1 saturated heterocycles. The first-order valence-electron chi connectivity index (χ1n) is 7.61. The molecule has 1 aliphatic heterocycles. The van der Waals surface area contributed by atoms with E-state index in [1.54, 1.807) is 12.1 Å². The second kappa shape index (κ2) is 7.34. The number of likely N-dealkylation sites (tertiary alicyclic amines) is 1. The van der Waals surface area contributed by atoms with Crippen LogP contribution in [0.25, 0.3) is 0 Å². The summed E-state index contributed by atoms with van der Waals surface area (Å²) in [6, 6.07) is 7.93. The minimum Gasteiger partial charge on any atom is -0.493 e. The molecule has 0 aromatic heterocycles. The molecule has 124 valence electrons. The van der Waals surface area contributed by atoms with E-state index in [2.05, 4.69) is 11.0 Å². The Morgan fingerprint density at radius 3 is 2.91 bits per heavy atom. The number of carboxylic acid groups (broad SMARTS) is 1. The number of hydrogen-bond acceptors (Lipinski definition) is 5. The first kappa shape index (κ1) is 17.1. The largest absolute Gasteiger partial charge is 0.493 e. The van der Waals surface area contributed by atoms with Crippen LogP contribution in [0.5, 0.6) is 11.5 Å². The molecule has 0 saturated carbocycles. The first-order chi connectivity index (χ1) is 11.0. The van der Waals surface area contributed by atoms with Gasteiger partial charge in [-0.1, -0.05) is 6.07 Å². The molecule has 1 fully saturated rings. The van der Waals surface area contributed by atoms with Gasteiger partial charge in [0.05, 0.1) is 18.6 Å². The Kier molecular flexibility index (Phi) is 5.45. The Labute approximate surface area is 136 Å². The number of piperidine rings is 1. The van der Waals surface area contributed by atoms with Crippen LogP contribution in [0, 0.1) is 16.7 Å². The van der Waals surface area contributed by atoms with Crippen LogP contribution in [0.4, 0.5) is 0 Å². The molecule has 0 unspecified atom stereocenters. The third kappa shape index (κ3) is 4.60. The van der Waals surface area contributed by atoms with Crippen molar-refractivity contribution in [3.63, 3.8) is 0 Å². The van der Waals surface area contributed by atoms with Gasteiger partial charge in [-0.15, -0.1) is 0 Å². The van der Waals surface area contributed by atoms with Gasteiger partial charge in [0.2, 0.25) is 0 Å². The quantitative estimate of drug-likeness (QED) is 0.866. The number of nitrogens with zero attached hydrogens (tertiary/aromatic N) is 2. The van der Waals surface area contributed by atoms with E-state index < -0.39 is 12.6 Å². The topological polar surface area (TPSA) is 82.8 Å². The average molecular weight is 318 g/mol. The van der Waals surface area contributed by atoms with Gasteiger partial charge in [0.15, 0.2) is 18.1 Å². The zero-order valence-corrected chi connectivity index (χ0v) is 13.5. The van der Waals surface area contributed by atoms with Crippen LogP contribution in [0.3, 0.4) is 0 Å². The highest BCUT2D eigenvalue weighted by molar-refractivity contribution is 5.68. The smallest absolute Gasteiger partial charge is 0.341 e. The fourth-order valence-corrected chi connectivity index (χ4v) is 2.90. The lowest BCUT2D eigenvalue weighted by Gasteiger charge is -2.36. The molecule has 2 rings (SSSR count). The third-order valence-electron chi connectivity index (χ3n) is 4.03. The van der Waals surface area contributed by atoms with E-state index >= 15 is 0 Å². The molecule has 23 heavy (non-hydrogen) atoms. The summed E-state index contributed by atoms with van der Waals surface area (Å²) < 4.78 is 10.5. The summed E-state index contributed by atoms with van der Waals surface area (Å²) in [5, 5.41) is 18.0. The fraction of sp³-hybridized carbons (Fsp3) is 0.529. The molecule has 1 aromatic rings. The molecule has 1 atom stereocenters. The number of ether oxygens (including phenoxy) is 2. The number of carboxylic acids is 1. The van der Waals surface area contributed by atoms with Crippen molar-refractivity contribution in [2.24, 2.45) is 5.41 Å². The van der Waals surface area contributed by atoms with E-state index in [9.17, 15) is 10.1 Å². The first-order valence-corrected chi connectivity index (χ1v) is 7.61. The van der Waals surface area contributed by atoms with Gasteiger partial charge >= 0.3 is 5.97 Å². The average Bonchev–Trinajstić information content (AvgIpc) is 2.53. The van der Waals surface area contributed by atoms with E-state index in [0.29, 0.717) is 18.0 Å². The van der Waals surface area contributed by atoms with E-state index in [4.69, 9.17) is 14.6 Å². The monoisotopic (exact) mass is 318 g/mol. The van der Waals surface area contributed by atoms with E-state index in [1.807, 2.05) is 13.0 Å². The summed E-state index contributed by atoms with van der Waals surface area (Å²) >= 11 is 0. The van der Waals surface area contributed by atoms with Crippen LogP contribution in [0.1, 0.15) is 25.3 Å². The molecule has 6 heteroatoms. The second-order valence-electron chi connectivity index (χ2n) is 6.15. The molecule has 6 nitrogen and oxygen atoms in total. The van der Waals surface area contributed by atoms with Gasteiger partial charge < -0.3 is 14.6 Å². The van der Waals surface area contributed by atoms with Crippen LogP contribution >= 0.6 is 0 Å². The van der Waals surface area contributed by atoms with Crippen molar-refractivity contribution < 1.29 is 19.4 Å². The van der Waals surface area contributed by atoms with Gasteiger partial charge in [0.1, 0.15) is 0 Å². The van der Waals surface area contributed by atoms with Crippen molar-refractivity contribution in [1.29, 1.82) is 5.26 Å². The maximum atomic E-state index is 10.7. The van der Waals surface area contributed by atoms with E-state index in [1.165, 1.54) is 7.11 Å². The molecule has 0 spiro atoms. The normalized spacial score (nSPS) is 21.4. The molecular weight excluding hydrogens is 296 g/mol. The molecule has 0 bridgehead atoms. The molecule has 1 aliphatic rings. The number of methoxy groups -OCH3 is 1. The van der Waals surface area contributed by atoms with E-state index in [-0.39, 0.29) is 5.41 Å². The standard InChI is InChI=1S/C17H22N2O4/c1-17(11-18)6-3-7-19(12-17)9-13-4-5-14(22-2)15(8-13)23-10-16(20)21/h4-5,8H,3,6-7,9-10,12H2,1-2H3,(H,20,21)/t17-/m1/s1. The number of nitriles is 1. The van der Waals surface area contributed by atoms with Gasteiger partial charge in [-0.25, -0.2) is 4.79 Å². The zero-order chi connectivity index (χ0) is 16.9. The van der Waals surface area contributed by atoms with Crippen molar-refractivity contribution >= 4 is 5.97 Å². The Morgan fingerprint density at radius 2 is 2.26 bits per heavy atom. The number of rotatable bonds is 6. The maximum Gasteiger partial charge on any atom is 0.341 e. The highest BCUT2D eigenvalue weighted by Crippen LogP contribution is 2.31. The van der Waals surface area contributed by atoms with Gasteiger partial charge in [0, 0.05) is 13.1 Å². The molecule has 1 aromatic carbocycles. The summed E-state index contributed by atoms with van der Waals surface area (Å²) in [5.74, 6) is -0.0961. The molecule has 0 aliphatic carbocycles.